The van der Waals surface area contributed by atoms with Gasteiger partial charge in [-0.15, -0.1) is 11.3 Å². The molecule has 0 saturated carbocycles. The van der Waals surface area contributed by atoms with Crippen molar-refractivity contribution in [1.29, 1.82) is 0 Å². The minimum Gasteiger partial charge on any atom is -0.323 e. The maximum Gasteiger partial charge on any atom is 0.328 e. The van der Waals surface area contributed by atoms with Crippen LogP contribution in [0.2, 0.25) is 5.02 Å². The Morgan fingerprint density at radius 3 is 2.75 bits per heavy atom. The number of nitrogens with one attached hydrogen (secondary N) is 1. The first-order chi connectivity index (χ1) is 13.4. The van der Waals surface area contributed by atoms with Crippen molar-refractivity contribution in [2.24, 2.45) is 0 Å². The number of amides is 4. The molecule has 1 spiro atoms. The Kier molecular flexibility index (Phi) is 3.53. The molecule has 3 aromatic rings. The number of fused-ring (bicyclic) bond motifs is 3. The molecular weight excluding hydrogens is 400 g/mol. The SMILES string of the molecule is CN1C(=O)N(Cc2nc3ccccc3s2)C(=O)C12C(=O)Nc1ccc(Cl)cc12. The molecule has 0 radical (unpaired) electrons. The number of anilines is 1. The minimum atomic E-state index is -1.74. The van der Waals surface area contributed by atoms with Gasteiger partial charge in [-0.05, 0) is 30.3 Å². The lowest BCUT2D eigenvalue weighted by atomic mass is 9.90. The van der Waals surface area contributed by atoms with E-state index in [1.165, 1.54) is 23.3 Å². The maximum atomic E-state index is 13.4. The Hall–Kier alpha value is -2.97. The molecule has 5 rings (SSSR count). The van der Waals surface area contributed by atoms with Crippen LogP contribution in [0.4, 0.5) is 10.5 Å². The molecule has 2 aliphatic heterocycles. The number of rotatable bonds is 2. The van der Waals surface area contributed by atoms with Crippen molar-refractivity contribution in [1.82, 2.24) is 14.8 Å². The second-order valence-corrected chi connectivity index (χ2v) is 8.21. The van der Waals surface area contributed by atoms with Gasteiger partial charge in [0, 0.05) is 23.3 Å². The lowest BCUT2D eigenvalue weighted by molar-refractivity contribution is -0.140. The lowest BCUT2D eigenvalue weighted by Crippen LogP contribution is -2.50. The third kappa shape index (κ3) is 2.10. The van der Waals surface area contributed by atoms with E-state index in [-0.39, 0.29) is 6.54 Å². The van der Waals surface area contributed by atoms with Crippen molar-refractivity contribution in [2.45, 2.75) is 12.1 Å². The zero-order chi connectivity index (χ0) is 19.6. The molecule has 1 unspecified atom stereocenters. The molecule has 1 aromatic heterocycles. The third-order valence-corrected chi connectivity index (χ3v) is 6.41. The van der Waals surface area contributed by atoms with E-state index >= 15 is 0 Å². The van der Waals surface area contributed by atoms with Crippen LogP contribution in [0, 0.1) is 0 Å². The Labute approximate surface area is 168 Å². The summed E-state index contributed by atoms with van der Waals surface area (Å²) in [5.41, 5.74) is -0.0733. The van der Waals surface area contributed by atoms with E-state index in [4.69, 9.17) is 11.6 Å². The quantitative estimate of drug-likeness (QED) is 0.517. The van der Waals surface area contributed by atoms with Gasteiger partial charge in [0.15, 0.2) is 0 Å². The number of nitrogens with zero attached hydrogens (tertiary/aromatic N) is 3. The summed E-state index contributed by atoms with van der Waals surface area (Å²) < 4.78 is 0.968. The average molecular weight is 413 g/mol. The molecule has 7 nitrogen and oxygen atoms in total. The van der Waals surface area contributed by atoms with E-state index in [0.29, 0.717) is 21.3 Å². The first kappa shape index (κ1) is 17.2. The first-order valence-corrected chi connectivity index (χ1v) is 9.68. The molecule has 140 valence electrons. The Morgan fingerprint density at radius 1 is 1.18 bits per heavy atom. The van der Waals surface area contributed by atoms with Gasteiger partial charge in [-0.1, -0.05) is 23.7 Å². The Morgan fingerprint density at radius 2 is 1.96 bits per heavy atom. The highest BCUT2D eigenvalue weighted by Crippen LogP contribution is 2.46. The number of urea groups is 1. The fraction of sp³-hybridized carbons (Fsp3) is 0.158. The summed E-state index contributed by atoms with van der Waals surface area (Å²) in [6, 6.07) is 11.9. The molecule has 1 N–H and O–H groups in total. The highest BCUT2D eigenvalue weighted by atomic mass is 35.5. The Bertz CT molecular complexity index is 1160. The van der Waals surface area contributed by atoms with Gasteiger partial charge in [0.1, 0.15) is 5.01 Å². The summed E-state index contributed by atoms with van der Waals surface area (Å²) in [4.78, 5) is 45.9. The van der Waals surface area contributed by atoms with Crippen LogP contribution in [0.25, 0.3) is 10.2 Å². The first-order valence-electron chi connectivity index (χ1n) is 8.48. The van der Waals surface area contributed by atoms with E-state index in [9.17, 15) is 14.4 Å². The van der Waals surface area contributed by atoms with E-state index in [1.807, 2.05) is 24.3 Å². The summed E-state index contributed by atoms with van der Waals surface area (Å²) in [5, 5.41) is 3.70. The van der Waals surface area contributed by atoms with Crippen LogP contribution in [-0.4, -0.2) is 39.7 Å². The molecule has 3 heterocycles. The fourth-order valence-electron chi connectivity index (χ4n) is 3.82. The van der Waals surface area contributed by atoms with E-state index in [0.717, 1.165) is 15.1 Å². The third-order valence-electron chi connectivity index (χ3n) is 5.16. The molecule has 2 aromatic carbocycles. The highest BCUT2D eigenvalue weighted by Gasteiger charge is 2.65. The van der Waals surface area contributed by atoms with Gasteiger partial charge in [-0.2, -0.15) is 0 Å². The minimum absolute atomic E-state index is 0.00623. The van der Waals surface area contributed by atoms with Crippen LogP contribution >= 0.6 is 22.9 Å². The predicted octanol–water partition coefficient (Wildman–Crippen LogP) is 3.19. The molecule has 0 aliphatic carbocycles. The number of hydrogen-bond acceptors (Lipinski definition) is 5. The van der Waals surface area contributed by atoms with Gasteiger partial charge in [0.25, 0.3) is 11.8 Å². The summed E-state index contributed by atoms with van der Waals surface area (Å²) in [6.45, 7) is 0.00623. The number of likely N-dealkylation sites (N-methyl/N-ethyl adjacent to an activating group) is 1. The van der Waals surface area contributed by atoms with Crippen molar-refractivity contribution in [3.63, 3.8) is 0 Å². The highest BCUT2D eigenvalue weighted by molar-refractivity contribution is 7.18. The smallest absolute Gasteiger partial charge is 0.323 e. The van der Waals surface area contributed by atoms with Crippen molar-refractivity contribution < 1.29 is 14.4 Å². The number of benzene rings is 2. The average Bonchev–Trinajstić information content (AvgIpc) is 3.27. The van der Waals surface area contributed by atoms with Crippen molar-refractivity contribution in [3.8, 4) is 0 Å². The number of thiazole rings is 1. The van der Waals surface area contributed by atoms with E-state index in [2.05, 4.69) is 10.3 Å². The maximum absolute atomic E-state index is 13.4. The number of para-hydroxylation sites is 1. The lowest BCUT2D eigenvalue weighted by Gasteiger charge is -2.25. The zero-order valence-corrected chi connectivity index (χ0v) is 16.2. The number of carbonyl (C=O) groups excluding carboxylic acids is 3. The molecule has 1 fully saturated rings. The van der Waals surface area contributed by atoms with Gasteiger partial charge in [0.2, 0.25) is 5.54 Å². The summed E-state index contributed by atoms with van der Waals surface area (Å²) in [5.74, 6) is -1.16. The van der Waals surface area contributed by atoms with Crippen LogP contribution in [-0.2, 0) is 21.7 Å². The number of aromatic nitrogens is 1. The van der Waals surface area contributed by atoms with Gasteiger partial charge in [0.05, 0.1) is 16.8 Å². The summed E-state index contributed by atoms with van der Waals surface area (Å²) in [6.07, 6.45) is 0. The Balaban J connectivity index is 1.58. The van der Waals surface area contributed by atoms with Crippen molar-refractivity contribution >= 4 is 56.7 Å². The molecule has 9 heteroatoms. The number of halogens is 1. The topological polar surface area (TPSA) is 82.6 Å². The standard InChI is InChI=1S/C19H13ClN4O3S/c1-23-18(27)24(9-15-21-13-4-2-3-5-14(13)28-15)17(26)19(23)11-8-10(20)6-7-12(11)22-16(19)25/h2-8H,9H2,1H3,(H,22,25). The van der Waals surface area contributed by atoms with Crippen LogP contribution in [0.5, 0.6) is 0 Å². The van der Waals surface area contributed by atoms with Crippen LogP contribution in [0.3, 0.4) is 0 Å². The van der Waals surface area contributed by atoms with Gasteiger partial charge in [-0.25, -0.2) is 9.78 Å². The molecule has 0 bridgehead atoms. The fourth-order valence-corrected chi connectivity index (χ4v) is 4.95. The number of hydrogen-bond donors (Lipinski definition) is 1. The van der Waals surface area contributed by atoms with Gasteiger partial charge in [-0.3, -0.25) is 14.5 Å². The largest absolute Gasteiger partial charge is 0.328 e. The molecule has 4 amide bonds. The van der Waals surface area contributed by atoms with Crippen molar-refractivity contribution in [3.05, 3.63) is 58.1 Å². The van der Waals surface area contributed by atoms with Crippen LogP contribution in [0.15, 0.2) is 42.5 Å². The van der Waals surface area contributed by atoms with Crippen LogP contribution in [0.1, 0.15) is 10.6 Å². The van der Waals surface area contributed by atoms with E-state index in [1.54, 1.807) is 18.2 Å². The molecule has 1 atom stereocenters. The number of carbonyl (C=O) groups is 3. The molecule has 1 saturated heterocycles. The monoisotopic (exact) mass is 412 g/mol. The van der Waals surface area contributed by atoms with E-state index < -0.39 is 23.4 Å². The summed E-state index contributed by atoms with van der Waals surface area (Å²) >= 11 is 7.51. The zero-order valence-electron chi connectivity index (χ0n) is 14.6. The van der Waals surface area contributed by atoms with Crippen molar-refractivity contribution in [2.75, 3.05) is 12.4 Å². The number of imide groups is 1. The predicted molar refractivity (Wildman–Crippen MR) is 105 cm³/mol. The molecule has 2 aliphatic rings. The molecular formula is C19H13ClN4O3S. The van der Waals surface area contributed by atoms with Gasteiger partial charge < -0.3 is 10.2 Å². The summed E-state index contributed by atoms with van der Waals surface area (Å²) in [7, 11) is 1.45. The van der Waals surface area contributed by atoms with Crippen LogP contribution < -0.4 is 5.32 Å². The second-order valence-electron chi connectivity index (χ2n) is 6.66. The van der Waals surface area contributed by atoms with Gasteiger partial charge >= 0.3 is 6.03 Å². The molecule has 28 heavy (non-hydrogen) atoms. The second kappa shape index (κ2) is 5.76. The normalized spacial score (nSPS) is 21.1.